The number of benzene rings is 2. The fourth-order valence-corrected chi connectivity index (χ4v) is 5.98. The Balaban J connectivity index is 1.38. The summed E-state index contributed by atoms with van der Waals surface area (Å²) in [5.41, 5.74) is 3.55. The lowest BCUT2D eigenvalue weighted by atomic mass is 9.92. The van der Waals surface area contributed by atoms with E-state index in [9.17, 15) is 27.6 Å². The van der Waals surface area contributed by atoms with Crippen LogP contribution in [0.1, 0.15) is 81.2 Å². The number of fused-ring (bicyclic) bond motifs is 3. The molecule has 4 heterocycles. The summed E-state index contributed by atoms with van der Waals surface area (Å²) in [6.45, 7) is 2.55. The second-order valence-electron chi connectivity index (χ2n) is 11.2. The second-order valence-corrected chi connectivity index (χ2v) is 11.2. The Bertz CT molecular complexity index is 1730. The number of hydrogen-bond donors (Lipinski definition) is 2. The number of halogens is 3. The van der Waals surface area contributed by atoms with Gasteiger partial charge in [-0.1, -0.05) is 31.2 Å². The molecule has 45 heavy (non-hydrogen) atoms. The van der Waals surface area contributed by atoms with Gasteiger partial charge in [-0.15, -0.1) is 0 Å². The molecule has 0 spiro atoms. The average Bonchev–Trinajstić information content (AvgIpc) is 3.79. The molecule has 1 atom stereocenters. The molecule has 4 aromatic rings. The van der Waals surface area contributed by atoms with Crippen LogP contribution in [0.2, 0.25) is 0 Å². The molecule has 6 rings (SSSR count). The van der Waals surface area contributed by atoms with E-state index in [4.69, 9.17) is 9.40 Å². The lowest BCUT2D eigenvalue weighted by molar-refractivity contribution is -0.137. The summed E-state index contributed by atoms with van der Waals surface area (Å²) in [6.07, 6.45) is -0.409. The third-order valence-corrected chi connectivity index (χ3v) is 8.30. The summed E-state index contributed by atoms with van der Waals surface area (Å²) in [7, 11) is 0. The minimum atomic E-state index is -4.43. The molecule has 0 aliphatic carbocycles. The number of nitrogens with zero attached hydrogens (tertiary/aromatic N) is 2. The molecule has 0 bridgehead atoms. The molecule has 2 aliphatic heterocycles. The predicted octanol–water partition coefficient (Wildman–Crippen LogP) is 6.71. The monoisotopic (exact) mass is 616 g/mol. The molecule has 3 amide bonds. The minimum absolute atomic E-state index is 0.156. The van der Waals surface area contributed by atoms with E-state index >= 15 is 0 Å². The highest BCUT2D eigenvalue weighted by Crippen LogP contribution is 2.47. The fraction of sp³-hybridized carbons (Fsp3) is 0.294. The van der Waals surface area contributed by atoms with Gasteiger partial charge >= 0.3 is 6.18 Å². The number of aryl methyl sites for hydroxylation is 2. The SMILES string of the molecule is CCC(=O)Nc1c(CCc2ccc(C(F)(F)F)cc2)nc2c(c1-c1ccc(C(=O)NCc3ccco3)cc1)C(=O)N1CCC[C@@H]21. The van der Waals surface area contributed by atoms with E-state index in [2.05, 4.69) is 10.6 Å². The Morgan fingerprint density at radius 3 is 2.44 bits per heavy atom. The highest BCUT2D eigenvalue weighted by Gasteiger charge is 2.44. The number of anilines is 1. The zero-order valence-corrected chi connectivity index (χ0v) is 24.5. The Labute approximate surface area is 257 Å². The van der Waals surface area contributed by atoms with E-state index in [1.807, 2.05) is 4.90 Å². The number of alkyl halides is 3. The average molecular weight is 617 g/mol. The molecule has 2 aromatic carbocycles. The zero-order chi connectivity index (χ0) is 31.7. The third kappa shape index (κ3) is 6.07. The number of carbonyl (C=O) groups is 3. The van der Waals surface area contributed by atoms with Gasteiger partial charge in [-0.2, -0.15) is 13.2 Å². The number of hydrogen-bond acceptors (Lipinski definition) is 5. The van der Waals surface area contributed by atoms with Crippen LogP contribution < -0.4 is 10.6 Å². The summed E-state index contributed by atoms with van der Waals surface area (Å²) in [5, 5.41) is 5.78. The van der Waals surface area contributed by atoms with Crippen LogP contribution in [0.5, 0.6) is 0 Å². The molecule has 232 valence electrons. The quantitative estimate of drug-likeness (QED) is 0.217. The summed E-state index contributed by atoms with van der Waals surface area (Å²) in [4.78, 5) is 46.2. The van der Waals surface area contributed by atoms with Crippen molar-refractivity contribution in [1.82, 2.24) is 15.2 Å². The van der Waals surface area contributed by atoms with Gasteiger partial charge < -0.3 is 20.0 Å². The number of pyridine rings is 1. The van der Waals surface area contributed by atoms with Gasteiger partial charge in [0.2, 0.25) is 5.91 Å². The van der Waals surface area contributed by atoms with E-state index in [1.54, 1.807) is 43.3 Å². The maximum absolute atomic E-state index is 13.8. The van der Waals surface area contributed by atoms with Gasteiger partial charge in [-0.05, 0) is 73.2 Å². The van der Waals surface area contributed by atoms with Crippen molar-refractivity contribution in [2.45, 2.75) is 57.8 Å². The van der Waals surface area contributed by atoms with Crippen LogP contribution in [-0.2, 0) is 30.4 Å². The van der Waals surface area contributed by atoms with Crippen LogP contribution in [0.15, 0.2) is 71.3 Å². The number of nitrogens with one attached hydrogen (secondary N) is 2. The van der Waals surface area contributed by atoms with Crippen molar-refractivity contribution in [3.63, 3.8) is 0 Å². The molecule has 0 saturated carbocycles. The van der Waals surface area contributed by atoms with Crippen LogP contribution in [0.4, 0.5) is 18.9 Å². The first-order chi connectivity index (χ1) is 21.6. The van der Waals surface area contributed by atoms with Crippen molar-refractivity contribution < 1.29 is 32.0 Å². The molecule has 2 N–H and O–H groups in total. The summed E-state index contributed by atoms with van der Waals surface area (Å²) >= 11 is 0. The third-order valence-electron chi connectivity index (χ3n) is 8.30. The van der Waals surface area contributed by atoms with Gasteiger partial charge in [-0.3, -0.25) is 19.4 Å². The molecule has 1 fully saturated rings. The predicted molar refractivity (Wildman–Crippen MR) is 160 cm³/mol. The lowest BCUT2D eigenvalue weighted by Crippen LogP contribution is -2.23. The lowest BCUT2D eigenvalue weighted by Gasteiger charge is -2.20. The maximum Gasteiger partial charge on any atom is 0.416 e. The van der Waals surface area contributed by atoms with Gasteiger partial charge in [-0.25, -0.2) is 0 Å². The van der Waals surface area contributed by atoms with Crippen molar-refractivity contribution in [2.75, 3.05) is 11.9 Å². The van der Waals surface area contributed by atoms with Crippen LogP contribution in [0.25, 0.3) is 11.1 Å². The fourth-order valence-electron chi connectivity index (χ4n) is 5.98. The first-order valence-corrected chi connectivity index (χ1v) is 14.9. The molecular formula is C34H31F3N4O4. The van der Waals surface area contributed by atoms with Gasteiger partial charge in [0.15, 0.2) is 0 Å². The zero-order valence-electron chi connectivity index (χ0n) is 24.5. The molecule has 11 heteroatoms. The van der Waals surface area contributed by atoms with E-state index < -0.39 is 11.7 Å². The highest BCUT2D eigenvalue weighted by atomic mass is 19.4. The second kappa shape index (κ2) is 12.2. The molecule has 2 aliphatic rings. The van der Waals surface area contributed by atoms with Crippen LogP contribution in [0, 0.1) is 0 Å². The van der Waals surface area contributed by atoms with Crippen LogP contribution >= 0.6 is 0 Å². The standard InChI is InChI=1S/C34H31F3N4O4/c1-2-27(42)40-30-25(16-9-20-7-14-23(15-8-20)34(35,36)37)39-31-26-6-3-17-41(26)33(44)29(31)28(30)21-10-12-22(13-11-21)32(43)38-19-24-5-4-18-45-24/h4-5,7-8,10-15,18,26H,2-3,6,9,16-17,19H2,1H3,(H,38,43)(H,40,42)/t26-/m0/s1. The maximum atomic E-state index is 13.8. The number of amides is 3. The Kier molecular flexibility index (Phi) is 8.18. The van der Waals surface area contributed by atoms with Gasteiger partial charge in [0.05, 0.1) is 47.1 Å². The first kappa shape index (κ1) is 30.1. The number of furan rings is 1. The highest BCUT2D eigenvalue weighted by molar-refractivity contribution is 6.10. The molecular weight excluding hydrogens is 585 g/mol. The normalized spacial score (nSPS) is 15.6. The molecule has 0 unspecified atom stereocenters. The summed E-state index contributed by atoms with van der Waals surface area (Å²) in [5.74, 6) is -0.108. The van der Waals surface area contributed by atoms with Crippen LogP contribution in [0.3, 0.4) is 0 Å². The molecule has 0 radical (unpaired) electrons. The minimum Gasteiger partial charge on any atom is -0.467 e. The molecule has 8 nitrogen and oxygen atoms in total. The van der Waals surface area contributed by atoms with E-state index in [1.165, 1.54) is 18.4 Å². The van der Waals surface area contributed by atoms with Crippen molar-refractivity contribution in [3.8, 4) is 11.1 Å². The van der Waals surface area contributed by atoms with Gasteiger partial charge in [0.1, 0.15) is 5.76 Å². The topological polar surface area (TPSA) is 105 Å². The number of carbonyl (C=O) groups excluding carboxylic acids is 3. The van der Waals surface area contributed by atoms with Crippen LogP contribution in [-0.4, -0.2) is 34.2 Å². The summed E-state index contributed by atoms with van der Waals surface area (Å²) < 4.78 is 44.6. The van der Waals surface area contributed by atoms with Crippen molar-refractivity contribution in [3.05, 3.63) is 106 Å². The molecule has 2 aromatic heterocycles. The first-order valence-electron chi connectivity index (χ1n) is 14.9. The Morgan fingerprint density at radius 2 is 1.78 bits per heavy atom. The smallest absolute Gasteiger partial charge is 0.416 e. The van der Waals surface area contributed by atoms with Crippen molar-refractivity contribution >= 4 is 23.4 Å². The largest absolute Gasteiger partial charge is 0.467 e. The number of aromatic nitrogens is 1. The van der Waals surface area contributed by atoms with Crippen molar-refractivity contribution in [1.29, 1.82) is 0 Å². The number of rotatable bonds is 9. The van der Waals surface area contributed by atoms with Gasteiger partial charge in [0, 0.05) is 24.1 Å². The Hall–Kier alpha value is -4.93. The van der Waals surface area contributed by atoms with E-state index in [0.29, 0.717) is 70.0 Å². The van der Waals surface area contributed by atoms with E-state index in [-0.39, 0.29) is 36.7 Å². The molecule has 1 saturated heterocycles. The summed E-state index contributed by atoms with van der Waals surface area (Å²) in [6, 6.07) is 15.1. The Morgan fingerprint density at radius 1 is 1.02 bits per heavy atom. The van der Waals surface area contributed by atoms with Gasteiger partial charge in [0.25, 0.3) is 11.8 Å². The van der Waals surface area contributed by atoms with E-state index in [0.717, 1.165) is 25.0 Å². The van der Waals surface area contributed by atoms with Crippen molar-refractivity contribution in [2.24, 2.45) is 0 Å².